The monoisotopic (exact) mass is 356 g/mol. The molecule has 5 nitrogen and oxygen atoms in total. The highest BCUT2D eigenvalue weighted by Crippen LogP contribution is 2.24. The standard InChI is InChI=1S/C21H24O5/c22-18-11-17(14-25-12-15-7-3-1-4-8-15)19(23)21(20(18)24)26-13-16-9-5-2-6-10-16/h1-11,18-24H,12-14H2/t18-,19-,20+,21+/m1/s1. The van der Waals surface area contributed by atoms with Crippen molar-refractivity contribution in [2.24, 2.45) is 0 Å². The van der Waals surface area contributed by atoms with Crippen LogP contribution in [0.2, 0.25) is 0 Å². The Morgan fingerprint density at radius 2 is 1.31 bits per heavy atom. The molecule has 138 valence electrons. The maximum atomic E-state index is 10.5. The van der Waals surface area contributed by atoms with Gasteiger partial charge in [0.2, 0.25) is 0 Å². The second-order valence-corrected chi connectivity index (χ2v) is 6.41. The van der Waals surface area contributed by atoms with E-state index in [4.69, 9.17) is 9.47 Å². The first-order chi connectivity index (χ1) is 12.6. The van der Waals surface area contributed by atoms with E-state index in [1.54, 1.807) is 0 Å². The highest BCUT2D eigenvalue weighted by Gasteiger charge is 2.38. The Morgan fingerprint density at radius 1 is 0.731 bits per heavy atom. The third-order valence-corrected chi connectivity index (χ3v) is 4.43. The van der Waals surface area contributed by atoms with E-state index in [1.807, 2.05) is 60.7 Å². The minimum Gasteiger partial charge on any atom is -0.387 e. The van der Waals surface area contributed by atoms with Gasteiger partial charge in [-0.25, -0.2) is 0 Å². The smallest absolute Gasteiger partial charge is 0.116 e. The summed E-state index contributed by atoms with van der Waals surface area (Å²) in [6.07, 6.45) is -2.79. The zero-order chi connectivity index (χ0) is 18.4. The molecular weight excluding hydrogens is 332 g/mol. The molecule has 2 aromatic rings. The summed E-state index contributed by atoms with van der Waals surface area (Å²) in [4.78, 5) is 0. The molecule has 0 aromatic heterocycles. The first kappa shape index (κ1) is 18.8. The van der Waals surface area contributed by atoms with E-state index in [2.05, 4.69) is 0 Å². The van der Waals surface area contributed by atoms with Crippen LogP contribution >= 0.6 is 0 Å². The van der Waals surface area contributed by atoms with Crippen LogP contribution in [0.5, 0.6) is 0 Å². The van der Waals surface area contributed by atoms with Crippen LogP contribution in [-0.4, -0.2) is 46.3 Å². The summed E-state index contributed by atoms with van der Waals surface area (Å²) >= 11 is 0. The van der Waals surface area contributed by atoms with Crippen molar-refractivity contribution >= 4 is 0 Å². The summed E-state index contributed by atoms with van der Waals surface area (Å²) in [6, 6.07) is 19.2. The Bertz CT molecular complexity index is 701. The lowest BCUT2D eigenvalue weighted by molar-refractivity contribution is -0.132. The lowest BCUT2D eigenvalue weighted by atomic mass is 9.89. The first-order valence-corrected chi connectivity index (χ1v) is 8.67. The zero-order valence-corrected chi connectivity index (χ0v) is 14.4. The van der Waals surface area contributed by atoms with Crippen molar-refractivity contribution in [1.82, 2.24) is 0 Å². The maximum absolute atomic E-state index is 10.5. The minimum absolute atomic E-state index is 0.158. The van der Waals surface area contributed by atoms with Crippen LogP contribution in [0.15, 0.2) is 72.3 Å². The Kier molecular flexibility index (Phi) is 6.55. The second-order valence-electron chi connectivity index (χ2n) is 6.41. The van der Waals surface area contributed by atoms with Gasteiger partial charge in [-0.1, -0.05) is 60.7 Å². The van der Waals surface area contributed by atoms with Gasteiger partial charge in [0, 0.05) is 0 Å². The average molecular weight is 356 g/mol. The molecule has 0 aliphatic heterocycles. The number of ether oxygens (including phenoxy) is 2. The van der Waals surface area contributed by atoms with Gasteiger partial charge in [0.1, 0.15) is 24.4 Å². The molecule has 0 heterocycles. The van der Waals surface area contributed by atoms with Gasteiger partial charge in [-0.3, -0.25) is 0 Å². The van der Waals surface area contributed by atoms with Crippen LogP contribution in [0.4, 0.5) is 0 Å². The molecule has 1 aliphatic carbocycles. The molecule has 0 saturated heterocycles. The van der Waals surface area contributed by atoms with Gasteiger partial charge in [0.05, 0.1) is 19.8 Å². The van der Waals surface area contributed by atoms with Crippen LogP contribution in [-0.2, 0) is 22.7 Å². The van der Waals surface area contributed by atoms with Crippen LogP contribution in [0.1, 0.15) is 11.1 Å². The summed E-state index contributed by atoms with van der Waals surface area (Å²) in [5.74, 6) is 0. The van der Waals surface area contributed by atoms with Crippen molar-refractivity contribution in [3.8, 4) is 0 Å². The van der Waals surface area contributed by atoms with E-state index >= 15 is 0 Å². The molecule has 0 unspecified atom stereocenters. The molecule has 0 radical (unpaired) electrons. The molecule has 0 spiro atoms. The number of aliphatic hydroxyl groups is 3. The Hall–Kier alpha value is -2.02. The molecule has 26 heavy (non-hydrogen) atoms. The number of rotatable bonds is 7. The van der Waals surface area contributed by atoms with Crippen molar-refractivity contribution < 1.29 is 24.8 Å². The fourth-order valence-electron chi connectivity index (χ4n) is 2.96. The molecule has 3 rings (SSSR count). The third-order valence-electron chi connectivity index (χ3n) is 4.43. The summed E-state index contributed by atoms with van der Waals surface area (Å²) in [7, 11) is 0. The molecule has 2 aromatic carbocycles. The number of benzene rings is 2. The highest BCUT2D eigenvalue weighted by molar-refractivity contribution is 5.21. The molecular formula is C21H24O5. The number of hydrogen-bond acceptors (Lipinski definition) is 5. The van der Waals surface area contributed by atoms with E-state index in [1.165, 1.54) is 6.08 Å². The van der Waals surface area contributed by atoms with Crippen molar-refractivity contribution in [1.29, 1.82) is 0 Å². The van der Waals surface area contributed by atoms with Crippen LogP contribution in [0.25, 0.3) is 0 Å². The van der Waals surface area contributed by atoms with Gasteiger partial charge in [0.25, 0.3) is 0 Å². The third kappa shape index (κ3) is 4.78. The highest BCUT2D eigenvalue weighted by atomic mass is 16.5. The molecule has 0 amide bonds. The van der Waals surface area contributed by atoms with E-state index in [0.29, 0.717) is 12.2 Å². The van der Waals surface area contributed by atoms with Gasteiger partial charge in [-0.15, -0.1) is 0 Å². The number of hydrogen-bond donors (Lipinski definition) is 3. The van der Waals surface area contributed by atoms with E-state index in [-0.39, 0.29) is 13.2 Å². The fraction of sp³-hybridized carbons (Fsp3) is 0.333. The fourth-order valence-corrected chi connectivity index (χ4v) is 2.96. The normalized spacial score (nSPS) is 25.7. The predicted octanol–water partition coefficient (Wildman–Crippen LogP) is 1.81. The molecule has 5 heteroatoms. The average Bonchev–Trinajstić information content (AvgIpc) is 2.67. The van der Waals surface area contributed by atoms with Gasteiger partial charge in [-0.2, -0.15) is 0 Å². The quantitative estimate of drug-likeness (QED) is 0.660. The second kappa shape index (κ2) is 9.07. The first-order valence-electron chi connectivity index (χ1n) is 8.67. The Morgan fingerprint density at radius 3 is 1.92 bits per heavy atom. The lowest BCUT2D eigenvalue weighted by Gasteiger charge is -2.35. The molecule has 1 aliphatic rings. The van der Waals surface area contributed by atoms with Gasteiger partial charge in [-0.05, 0) is 22.8 Å². The topological polar surface area (TPSA) is 79.2 Å². The molecule has 0 bridgehead atoms. The zero-order valence-electron chi connectivity index (χ0n) is 14.4. The van der Waals surface area contributed by atoms with Crippen LogP contribution in [0, 0.1) is 0 Å². The van der Waals surface area contributed by atoms with Crippen LogP contribution in [0.3, 0.4) is 0 Å². The molecule has 0 saturated carbocycles. The molecule has 0 fully saturated rings. The van der Waals surface area contributed by atoms with Crippen molar-refractivity contribution in [3.05, 3.63) is 83.4 Å². The predicted molar refractivity (Wildman–Crippen MR) is 97.2 cm³/mol. The Balaban J connectivity index is 1.58. The SMILES string of the molecule is O[C@@H]1[C@@H](OCc2ccccc2)[C@H](O)C(COCc2ccccc2)=C[C@H]1O. The van der Waals surface area contributed by atoms with E-state index in [9.17, 15) is 15.3 Å². The lowest BCUT2D eigenvalue weighted by Crippen LogP contribution is -2.50. The largest absolute Gasteiger partial charge is 0.387 e. The molecule has 3 N–H and O–H groups in total. The van der Waals surface area contributed by atoms with Gasteiger partial charge in [0.15, 0.2) is 0 Å². The van der Waals surface area contributed by atoms with Gasteiger partial charge >= 0.3 is 0 Å². The van der Waals surface area contributed by atoms with E-state index < -0.39 is 24.4 Å². The minimum atomic E-state index is -1.19. The maximum Gasteiger partial charge on any atom is 0.116 e. The summed E-state index contributed by atoms with van der Waals surface area (Å²) in [5.41, 5.74) is 2.46. The van der Waals surface area contributed by atoms with Crippen molar-refractivity contribution in [2.75, 3.05) is 6.61 Å². The summed E-state index contributed by atoms with van der Waals surface area (Å²) < 4.78 is 11.4. The van der Waals surface area contributed by atoms with Crippen molar-refractivity contribution in [3.63, 3.8) is 0 Å². The van der Waals surface area contributed by atoms with Crippen molar-refractivity contribution in [2.45, 2.75) is 37.6 Å². The van der Waals surface area contributed by atoms with Crippen LogP contribution < -0.4 is 0 Å². The number of aliphatic hydroxyl groups excluding tert-OH is 3. The summed E-state index contributed by atoms with van der Waals surface area (Å²) in [5, 5.41) is 30.8. The van der Waals surface area contributed by atoms with Gasteiger partial charge < -0.3 is 24.8 Å². The molecule has 4 atom stereocenters. The summed E-state index contributed by atoms with van der Waals surface area (Å²) in [6.45, 7) is 0.800. The van der Waals surface area contributed by atoms with E-state index in [0.717, 1.165) is 11.1 Å². The Labute approximate surface area is 153 Å².